The van der Waals surface area contributed by atoms with Gasteiger partial charge < -0.3 is 10.6 Å². The number of alkyl halides is 3. The van der Waals surface area contributed by atoms with Gasteiger partial charge in [-0.25, -0.2) is 4.98 Å². The van der Waals surface area contributed by atoms with Crippen LogP contribution in [0, 0.1) is 5.92 Å². The molecule has 0 unspecified atom stereocenters. The highest BCUT2D eigenvalue weighted by Crippen LogP contribution is 2.43. The summed E-state index contributed by atoms with van der Waals surface area (Å²) >= 11 is 0. The Morgan fingerprint density at radius 3 is 2.50 bits per heavy atom. The summed E-state index contributed by atoms with van der Waals surface area (Å²) in [5, 5.41) is 0. The zero-order valence-electron chi connectivity index (χ0n) is 10.1. The number of pyridine rings is 1. The van der Waals surface area contributed by atoms with Gasteiger partial charge in [-0.15, -0.1) is 0 Å². The Balaban J connectivity index is 1.95. The number of nitrogens with zero attached hydrogens (tertiary/aromatic N) is 2. The van der Waals surface area contributed by atoms with Gasteiger partial charge >= 0.3 is 6.18 Å². The quantitative estimate of drug-likeness (QED) is 0.905. The molecule has 0 saturated heterocycles. The van der Waals surface area contributed by atoms with Crippen molar-refractivity contribution >= 4 is 5.82 Å². The molecule has 18 heavy (non-hydrogen) atoms. The summed E-state index contributed by atoms with van der Waals surface area (Å²) in [6.45, 7) is 0.413. The van der Waals surface area contributed by atoms with Crippen LogP contribution in [-0.2, 0) is 6.54 Å². The number of rotatable bonds is 3. The maximum Gasteiger partial charge on any atom is 0.391 e. The van der Waals surface area contributed by atoms with Crippen molar-refractivity contribution in [2.24, 2.45) is 11.7 Å². The Bertz CT molecular complexity index is 396. The first-order valence-electron chi connectivity index (χ1n) is 5.86. The Labute approximate surface area is 104 Å². The summed E-state index contributed by atoms with van der Waals surface area (Å²) in [5.41, 5.74) is 6.37. The normalized spacial score (nSPS) is 23.6. The van der Waals surface area contributed by atoms with Crippen molar-refractivity contribution in [2.45, 2.75) is 31.6 Å². The fraction of sp³-hybridized carbons (Fsp3) is 0.583. The smallest absolute Gasteiger partial charge is 0.357 e. The van der Waals surface area contributed by atoms with E-state index in [1.807, 2.05) is 11.0 Å². The molecular formula is C12H16F3N3. The van der Waals surface area contributed by atoms with Crippen LogP contribution < -0.4 is 10.6 Å². The van der Waals surface area contributed by atoms with Gasteiger partial charge in [0.25, 0.3) is 0 Å². The molecule has 1 saturated carbocycles. The number of nitrogens with two attached hydrogens (primary N) is 1. The summed E-state index contributed by atoms with van der Waals surface area (Å²) in [7, 11) is 1.78. The molecule has 1 aromatic heterocycles. The van der Waals surface area contributed by atoms with Crippen LogP contribution in [0.25, 0.3) is 0 Å². The summed E-state index contributed by atoms with van der Waals surface area (Å²) in [4.78, 5) is 6.01. The van der Waals surface area contributed by atoms with E-state index < -0.39 is 12.1 Å². The molecular weight excluding hydrogens is 243 g/mol. The average molecular weight is 259 g/mol. The van der Waals surface area contributed by atoms with Crippen LogP contribution in [0.1, 0.15) is 18.4 Å². The van der Waals surface area contributed by atoms with Gasteiger partial charge in [0.05, 0.1) is 5.92 Å². The predicted molar refractivity (Wildman–Crippen MR) is 63.1 cm³/mol. The third kappa shape index (κ3) is 2.58. The lowest BCUT2D eigenvalue weighted by atomic mass is 9.79. The van der Waals surface area contributed by atoms with Crippen molar-refractivity contribution in [1.29, 1.82) is 0 Å². The molecule has 1 heterocycles. The van der Waals surface area contributed by atoms with Gasteiger partial charge in [-0.2, -0.15) is 13.2 Å². The van der Waals surface area contributed by atoms with Crippen LogP contribution >= 0.6 is 0 Å². The van der Waals surface area contributed by atoms with Crippen molar-refractivity contribution in [1.82, 2.24) is 4.98 Å². The average Bonchev–Trinajstić information content (AvgIpc) is 2.25. The van der Waals surface area contributed by atoms with E-state index in [9.17, 15) is 13.2 Å². The molecule has 0 aliphatic heterocycles. The first-order valence-corrected chi connectivity index (χ1v) is 5.86. The molecule has 0 aromatic carbocycles. The molecule has 100 valence electrons. The number of hydrogen-bond donors (Lipinski definition) is 1. The second-order valence-electron chi connectivity index (χ2n) is 4.70. The van der Waals surface area contributed by atoms with E-state index in [1.165, 1.54) is 0 Å². The summed E-state index contributed by atoms with van der Waals surface area (Å²) in [5.74, 6) is -0.467. The second kappa shape index (κ2) is 4.76. The molecule has 0 atom stereocenters. The zero-order chi connectivity index (χ0) is 13.3. The standard InChI is InChI=1S/C12H16F3N3/c1-18(10-4-9(5-10)12(13,14)15)11-3-2-8(6-16)7-17-11/h2-3,7,9-10H,4-6,16H2,1H3/t9-,10-. The monoisotopic (exact) mass is 259 g/mol. The molecule has 1 fully saturated rings. The van der Waals surface area contributed by atoms with Gasteiger partial charge in [0.15, 0.2) is 0 Å². The number of halogens is 3. The van der Waals surface area contributed by atoms with Crippen LogP contribution in [0.4, 0.5) is 19.0 Å². The molecule has 3 nitrogen and oxygen atoms in total. The van der Waals surface area contributed by atoms with Gasteiger partial charge in [0.2, 0.25) is 0 Å². The molecule has 0 radical (unpaired) electrons. The maximum absolute atomic E-state index is 12.4. The topological polar surface area (TPSA) is 42.1 Å². The SMILES string of the molecule is CN(c1ccc(CN)cn1)[C@H]1C[C@H](C(F)(F)F)C1. The van der Waals surface area contributed by atoms with Crippen molar-refractivity contribution in [3.05, 3.63) is 23.9 Å². The third-order valence-corrected chi connectivity index (χ3v) is 3.53. The fourth-order valence-electron chi connectivity index (χ4n) is 2.10. The molecule has 6 heteroatoms. The highest BCUT2D eigenvalue weighted by atomic mass is 19.4. The van der Waals surface area contributed by atoms with E-state index in [0.717, 1.165) is 5.56 Å². The number of anilines is 1. The van der Waals surface area contributed by atoms with Crippen LogP contribution in [0.5, 0.6) is 0 Å². The molecule has 0 spiro atoms. The molecule has 2 rings (SSSR count). The summed E-state index contributed by atoms with van der Waals surface area (Å²) in [6, 6.07) is 3.56. The van der Waals surface area contributed by atoms with Crippen LogP contribution in [0.3, 0.4) is 0 Å². The van der Waals surface area contributed by atoms with Crippen molar-refractivity contribution in [2.75, 3.05) is 11.9 Å². The van der Waals surface area contributed by atoms with Gasteiger partial charge in [-0.3, -0.25) is 0 Å². The largest absolute Gasteiger partial charge is 0.391 e. The maximum atomic E-state index is 12.4. The second-order valence-corrected chi connectivity index (χ2v) is 4.70. The first kappa shape index (κ1) is 13.1. The van der Waals surface area contributed by atoms with Gasteiger partial charge in [0, 0.05) is 25.8 Å². The van der Waals surface area contributed by atoms with Gasteiger partial charge in [-0.1, -0.05) is 6.07 Å². The minimum Gasteiger partial charge on any atom is -0.357 e. The Kier molecular flexibility index (Phi) is 3.47. The Morgan fingerprint density at radius 2 is 2.06 bits per heavy atom. The van der Waals surface area contributed by atoms with Crippen LogP contribution in [-0.4, -0.2) is 24.2 Å². The highest BCUT2D eigenvalue weighted by molar-refractivity contribution is 5.40. The predicted octanol–water partition coefficient (Wildman–Crippen LogP) is 2.32. The van der Waals surface area contributed by atoms with Crippen molar-refractivity contribution < 1.29 is 13.2 Å². The molecule has 0 bridgehead atoms. The number of aromatic nitrogens is 1. The molecule has 1 aromatic rings. The van der Waals surface area contributed by atoms with Crippen molar-refractivity contribution in [3.63, 3.8) is 0 Å². The van der Waals surface area contributed by atoms with E-state index >= 15 is 0 Å². The Hall–Kier alpha value is -1.30. The molecule has 1 aliphatic rings. The summed E-state index contributed by atoms with van der Waals surface area (Å²) in [6.07, 6.45) is -2.10. The minimum absolute atomic E-state index is 0.0761. The van der Waals surface area contributed by atoms with E-state index in [-0.39, 0.29) is 18.9 Å². The lowest BCUT2D eigenvalue weighted by Crippen LogP contribution is -2.48. The molecule has 2 N–H and O–H groups in total. The lowest BCUT2D eigenvalue weighted by Gasteiger charge is -2.42. The van der Waals surface area contributed by atoms with E-state index in [0.29, 0.717) is 12.4 Å². The van der Waals surface area contributed by atoms with E-state index in [2.05, 4.69) is 4.98 Å². The summed E-state index contributed by atoms with van der Waals surface area (Å²) < 4.78 is 37.2. The van der Waals surface area contributed by atoms with Gasteiger partial charge in [0.1, 0.15) is 5.82 Å². The third-order valence-electron chi connectivity index (χ3n) is 3.53. The van der Waals surface area contributed by atoms with E-state index in [1.54, 1.807) is 19.3 Å². The van der Waals surface area contributed by atoms with E-state index in [4.69, 9.17) is 5.73 Å². The Morgan fingerprint density at radius 1 is 1.39 bits per heavy atom. The van der Waals surface area contributed by atoms with Gasteiger partial charge in [-0.05, 0) is 24.5 Å². The van der Waals surface area contributed by atoms with Crippen LogP contribution in [0.2, 0.25) is 0 Å². The zero-order valence-corrected chi connectivity index (χ0v) is 10.1. The molecule has 1 aliphatic carbocycles. The fourth-order valence-corrected chi connectivity index (χ4v) is 2.10. The molecule has 0 amide bonds. The number of hydrogen-bond acceptors (Lipinski definition) is 3. The first-order chi connectivity index (χ1) is 8.41. The lowest BCUT2D eigenvalue weighted by molar-refractivity contribution is -0.196. The van der Waals surface area contributed by atoms with Crippen LogP contribution in [0.15, 0.2) is 18.3 Å². The minimum atomic E-state index is -4.06. The van der Waals surface area contributed by atoms with Crippen molar-refractivity contribution in [3.8, 4) is 0 Å². The highest BCUT2D eigenvalue weighted by Gasteiger charge is 2.49.